The number of carbonyl (C=O) groups is 2. The van der Waals surface area contributed by atoms with Crippen LogP contribution in [0.4, 0.5) is 40.2 Å². The fourth-order valence-corrected chi connectivity index (χ4v) is 11.5. The standard InChI is InChI=1S/C24H23FN4O2S.C22H20N4O2S.C19H15FN4S.C2H4BrF/c1-24(2,3)31-23(30)29(12-10-25)21-9-7-17(15-27-21)19-8-6-16-13-20(32-22(16)28-19)18-5-4-11-26-14-18;1-22(2,3)28-21(27)26-19-9-7-15(13-24-19)17-8-6-14-11-18(29-20(14)25-17)16-5-4-10-23-12-16;20-7-9-22-18-6-4-14(12-23-18)16-5-3-13-10-17(25-19(13)24-16)15-2-1-8-21-11-15;3-1-2-4/h4-9,11,13-15H,10,12H2,1-3H3;4-13H,1-3H3,(H,24,26,27);1-6,8,10-12H,7,9H2,(H,22,23);1-2H2. The second-order valence-electron chi connectivity index (χ2n) is 21.5. The van der Waals surface area contributed by atoms with E-state index < -0.39 is 36.7 Å². The summed E-state index contributed by atoms with van der Waals surface area (Å²) in [4.78, 5) is 71.6. The smallest absolute Gasteiger partial charge is 0.416 e. The molecule has 16 nitrogen and oxygen atoms in total. The maximum Gasteiger partial charge on any atom is 0.416 e. The Morgan fingerprint density at radius 1 is 0.500 bits per heavy atom. The molecule has 12 heterocycles. The van der Waals surface area contributed by atoms with Gasteiger partial charge in [0.05, 0.1) is 30.3 Å². The molecule has 0 unspecified atom stereocenters. The molecule has 12 aromatic rings. The van der Waals surface area contributed by atoms with Gasteiger partial charge in [0.1, 0.15) is 56.5 Å². The minimum absolute atomic E-state index is 0.127. The first-order valence-electron chi connectivity index (χ1n) is 28.3. The summed E-state index contributed by atoms with van der Waals surface area (Å²) in [6.45, 7) is 9.50. The van der Waals surface area contributed by atoms with Gasteiger partial charge in [-0.05, 0) is 151 Å². The van der Waals surface area contributed by atoms with E-state index in [1.807, 2.05) is 124 Å². The predicted molar refractivity (Wildman–Crippen MR) is 362 cm³/mol. The monoisotopic (exact) mass is 1330 g/mol. The first kappa shape index (κ1) is 65.3. The summed E-state index contributed by atoms with van der Waals surface area (Å²) in [6.07, 6.45) is 14.8. The highest BCUT2D eigenvalue weighted by Crippen LogP contribution is 2.37. The molecule has 0 atom stereocenters. The summed E-state index contributed by atoms with van der Waals surface area (Å²) in [5, 5.41) is 9.27. The van der Waals surface area contributed by atoms with Crippen molar-refractivity contribution in [3.8, 4) is 65.1 Å². The second-order valence-corrected chi connectivity index (χ2v) is 25.4. The minimum Gasteiger partial charge on any atom is -0.444 e. The number of nitrogens with zero attached hydrogens (tertiary/aromatic N) is 10. The van der Waals surface area contributed by atoms with Gasteiger partial charge >= 0.3 is 12.2 Å². The summed E-state index contributed by atoms with van der Waals surface area (Å²) in [5.74, 6) is 1.42. The van der Waals surface area contributed by atoms with Gasteiger partial charge in [-0.3, -0.25) is 29.6 Å². The third kappa shape index (κ3) is 18.2. The van der Waals surface area contributed by atoms with Crippen LogP contribution in [0, 0.1) is 0 Å². The number of ether oxygens (including phenoxy) is 2. The quantitative estimate of drug-likeness (QED) is 0.0976. The first-order valence-corrected chi connectivity index (χ1v) is 31.8. The van der Waals surface area contributed by atoms with E-state index in [2.05, 4.69) is 86.8 Å². The molecule has 2 amide bonds. The number of hydrogen-bond donors (Lipinski definition) is 2. The molecule has 0 saturated heterocycles. The van der Waals surface area contributed by atoms with Gasteiger partial charge in [0.25, 0.3) is 0 Å². The summed E-state index contributed by atoms with van der Waals surface area (Å²) in [6, 6.07) is 41.2. The van der Waals surface area contributed by atoms with Gasteiger partial charge in [-0.15, -0.1) is 34.0 Å². The summed E-state index contributed by atoms with van der Waals surface area (Å²) >= 11 is 7.75. The van der Waals surface area contributed by atoms with E-state index in [9.17, 15) is 22.8 Å². The van der Waals surface area contributed by atoms with Gasteiger partial charge in [0.2, 0.25) is 0 Å². The number of carbonyl (C=O) groups excluding carboxylic acids is 2. The zero-order chi connectivity index (χ0) is 63.6. The van der Waals surface area contributed by atoms with Gasteiger partial charge in [-0.25, -0.2) is 48.3 Å². The Labute approximate surface area is 538 Å². The van der Waals surface area contributed by atoms with Crippen LogP contribution in [0.25, 0.3) is 95.7 Å². The molecule has 0 aliphatic carbocycles. The fourth-order valence-electron chi connectivity index (χ4n) is 8.44. The molecular weight excluding hydrogens is 1270 g/mol. The maximum atomic E-state index is 13.0. The highest BCUT2D eigenvalue weighted by atomic mass is 79.9. The number of amides is 2. The maximum absolute atomic E-state index is 13.0. The molecule has 0 fully saturated rings. The van der Waals surface area contributed by atoms with E-state index in [1.165, 1.54) is 4.90 Å². The lowest BCUT2D eigenvalue weighted by molar-refractivity contribution is 0.0574. The number of alkyl halides is 4. The van der Waals surface area contributed by atoms with Crippen LogP contribution in [0.3, 0.4) is 0 Å². The van der Waals surface area contributed by atoms with Crippen LogP contribution in [0.2, 0.25) is 0 Å². The van der Waals surface area contributed by atoms with Gasteiger partial charge < -0.3 is 14.8 Å². The van der Waals surface area contributed by atoms with Crippen LogP contribution in [0.1, 0.15) is 41.5 Å². The molecule has 90 heavy (non-hydrogen) atoms. The van der Waals surface area contributed by atoms with E-state index in [-0.39, 0.29) is 19.8 Å². The van der Waals surface area contributed by atoms with E-state index in [4.69, 9.17) is 24.4 Å². The van der Waals surface area contributed by atoms with E-state index >= 15 is 0 Å². The van der Waals surface area contributed by atoms with Crippen molar-refractivity contribution in [2.75, 3.05) is 54.0 Å². The molecule has 460 valence electrons. The van der Waals surface area contributed by atoms with Crippen LogP contribution in [0.5, 0.6) is 0 Å². The SMILES string of the molecule is CC(C)(C)OC(=O)N(CCF)c1ccc(-c2ccc3cc(-c4cccnc4)sc3n2)cn1.CC(C)(C)OC(=O)Nc1ccc(-c2ccc3cc(-c4cccnc4)sc3n2)cn1.FCCBr.FCCNc1ccc(-c2ccc3cc(-c4cccnc4)sc3n2)cn1. The topological polar surface area (TPSA) is 196 Å². The number of thiophene rings is 3. The van der Waals surface area contributed by atoms with Gasteiger partial charge in [0.15, 0.2) is 0 Å². The van der Waals surface area contributed by atoms with Crippen molar-refractivity contribution in [1.82, 2.24) is 44.9 Å². The van der Waals surface area contributed by atoms with E-state index in [0.717, 1.165) is 95.7 Å². The number of aromatic nitrogens is 9. The predicted octanol–water partition coefficient (Wildman–Crippen LogP) is 18.1. The van der Waals surface area contributed by atoms with Crippen LogP contribution < -0.4 is 15.5 Å². The summed E-state index contributed by atoms with van der Waals surface area (Å²) in [5.41, 5.74) is 7.07. The third-order valence-corrected chi connectivity index (χ3v) is 16.0. The zero-order valence-electron chi connectivity index (χ0n) is 49.9. The van der Waals surface area contributed by atoms with E-state index in [0.29, 0.717) is 22.8 Å². The Morgan fingerprint density at radius 2 is 0.922 bits per heavy atom. The minimum atomic E-state index is -0.696. The number of hydrogen-bond acceptors (Lipinski definition) is 17. The summed E-state index contributed by atoms with van der Waals surface area (Å²) in [7, 11) is 0. The zero-order valence-corrected chi connectivity index (χ0v) is 53.9. The first-order chi connectivity index (χ1) is 43.5. The highest BCUT2D eigenvalue weighted by molar-refractivity contribution is 9.09. The Morgan fingerprint density at radius 3 is 1.27 bits per heavy atom. The molecule has 0 aromatic carbocycles. The molecule has 23 heteroatoms. The highest BCUT2D eigenvalue weighted by Gasteiger charge is 2.25. The number of anilines is 3. The Bertz CT molecular complexity index is 4270. The Hall–Kier alpha value is -9.16. The molecule has 0 aliphatic rings. The third-order valence-electron chi connectivity index (χ3n) is 12.4. The van der Waals surface area contributed by atoms with Crippen LogP contribution in [-0.2, 0) is 9.47 Å². The second kappa shape index (κ2) is 30.8. The molecule has 0 radical (unpaired) electrons. The van der Waals surface area contributed by atoms with Crippen molar-refractivity contribution in [3.05, 3.63) is 183 Å². The van der Waals surface area contributed by atoms with Crippen LogP contribution in [-0.4, -0.2) is 107 Å². The number of rotatable bonds is 14. The molecular formula is C67H62BrF3N12O4S3. The average Bonchev–Trinajstić information content (AvgIpc) is 2.26. The Balaban J connectivity index is 0.000000156. The van der Waals surface area contributed by atoms with Crippen molar-refractivity contribution >= 4 is 110 Å². The molecule has 12 rings (SSSR count). The van der Waals surface area contributed by atoms with Crippen molar-refractivity contribution in [3.63, 3.8) is 0 Å². The number of fused-ring (bicyclic) bond motifs is 3. The van der Waals surface area contributed by atoms with Crippen molar-refractivity contribution in [2.45, 2.75) is 52.7 Å². The van der Waals surface area contributed by atoms with E-state index in [1.54, 1.807) is 104 Å². The summed E-state index contributed by atoms with van der Waals surface area (Å²) < 4.78 is 46.5. The largest absolute Gasteiger partial charge is 0.444 e. The molecule has 2 N–H and O–H groups in total. The fraction of sp³-hybridized carbons (Fsp3) is 0.209. The number of pyridine rings is 9. The Kier molecular flexibility index (Phi) is 22.4. The van der Waals surface area contributed by atoms with Crippen LogP contribution >= 0.6 is 49.9 Å². The normalized spacial score (nSPS) is 11.1. The van der Waals surface area contributed by atoms with Crippen molar-refractivity contribution < 1.29 is 32.2 Å². The molecule has 0 aliphatic heterocycles. The lowest BCUT2D eigenvalue weighted by Gasteiger charge is -2.26. The van der Waals surface area contributed by atoms with Gasteiger partial charge in [0, 0.05) is 132 Å². The molecule has 0 bridgehead atoms. The molecule has 0 saturated carbocycles. The lowest BCUT2D eigenvalue weighted by Crippen LogP contribution is -2.38. The van der Waals surface area contributed by atoms with Crippen molar-refractivity contribution in [1.29, 1.82) is 0 Å². The van der Waals surface area contributed by atoms with Gasteiger partial charge in [-0.1, -0.05) is 34.1 Å². The van der Waals surface area contributed by atoms with Crippen molar-refractivity contribution in [2.24, 2.45) is 0 Å². The van der Waals surface area contributed by atoms with Crippen LogP contribution in [0.15, 0.2) is 183 Å². The number of nitrogens with one attached hydrogen (secondary N) is 2. The molecule has 0 spiro atoms. The average molecular weight is 1330 g/mol. The lowest BCUT2D eigenvalue weighted by atomic mass is 10.1. The molecule has 12 aromatic heterocycles. The number of halogens is 4. The van der Waals surface area contributed by atoms with Gasteiger partial charge in [-0.2, -0.15) is 0 Å².